The van der Waals surface area contributed by atoms with Gasteiger partial charge in [0.15, 0.2) is 0 Å². The molecule has 0 spiro atoms. The van der Waals surface area contributed by atoms with Crippen molar-refractivity contribution >= 4 is 43.1 Å². The van der Waals surface area contributed by atoms with Crippen molar-refractivity contribution in [3.63, 3.8) is 0 Å². The summed E-state index contributed by atoms with van der Waals surface area (Å²) in [6, 6.07) is 57.6. The molecule has 0 aromatic heterocycles. The maximum absolute atomic E-state index is 2.36. The molecule has 0 aliphatic heterocycles. The fourth-order valence-corrected chi connectivity index (χ4v) is 6.30. The molecule has 0 saturated heterocycles. The van der Waals surface area contributed by atoms with Crippen LogP contribution in [-0.2, 0) is 0 Å². The Morgan fingerprint density at radius 1 is 0.225 bits per heavy atom. The van der Waals surface area contributed by atoms with Gasteiger partial charge in [0, 0.05) is 0 Å². The fraction of sp³-hybridized carbons (Fsp3) is 0. The molecular formula is C40H26. The molecule has 8 aromatic carbocycles. The van der Waals surface area contributed by atoms with Crippen LogP contribution in [0, 0.1) is 0 Å². The van der Waals surface area contributed by atoms with Crippen LogP contribution in [0.2, 0.25) is 0 Å². The Labute approximate surface area is 233 Å². The van der Waals surface area contributed by atoms with Crippen molar-refractivity contribution in [1.82, 2.24) is 0 Å². The van der Waals surface area contributed by atoms with Crippen LogP contribution in [0.5, 0.6) is 0 Å². The molecule has 0 bridgehead atoms. The van der Waals surface area contributed by atoms with Crippen molar-refractivity contribution in [3.8, 4) is 33.4 Å². The zero-order valence-electron chi connectivity index (χ0n) is 22.0. The maximum Gasteiger partial charge on any atom is -0.00262 e. The van der Waals surface area contributed by atoms with Crippen molar-refractivity contribution in [2.75, 3.05) is 0 Å². The molecule has 0 heteroatoms. The van der Waals surface area contributed by atoms with Gasteiger partial charge in [-0.1, -0.05) is 140 Å². The van der Waals surface area contributed by atoms with Gasteiger partial charge in [-0.15, -0.1) is 0 Å². The van der Waals surface area contributed by atoms with Crippen LogP contribution in [0.25, 0.3) is 76.5 Å². The van der Waals surface area contributed by atoms with Crippen LogP contribution in [0.15, 0.2) is 158 Å². The van der Waals surface area contributed by atoms with E-state index in [1.165, 1.54) is 76.5 Å². The largest absolute Gasteiger partial charge is 0.0622 e. The van der Waals surface area contributed by atoms with E-state index in [1.54, 1.807) is 0 Å². The molecule has 0 amide bonds. The Morgan fingerprint density at radius 3 is 1.18 bits per heavy atom. The van der Waals surface area contributed by atoms with E-state index in [0.717, 1.165) is 0 Å². The highest BCUT2D eigenvalue weighted by atomic mass is 14.2. The molecule has 8 aromatic rings. The van der Waals surface area contributed by atoms with Gasteiger partial charge < -0.3 is 0 Å². The smallest absolute Gasteiger partial charge is 0.00262 e. The minimum absolute atomic E-state index is 1.24. The monoisotopic (exact) mass is 506 g/mol. The number of rotatable bonds is 3. The summed E-state index contributed by atoms with van der Waals surface area (Å²) < 4.78 is 0. The second kappa shape index (κ2) is 9.22. The third-order valence-corrected chi connectivity index (χ3v) is 8.21. The molecule has 0 fully saturated rings. The Bertz CT molecular complexity index is 2150. The molecule has 8 rings (SSSR count). The van der Waals surface area contributed by atoms with Gasteiger partial charge in [0.25, 0.3) is 0 Å². The van der Waals surface area contributed by atoms with Crippen molar-refractivity contribution in [2.24, 2.45) is 0 Å². The first-order chi connectivity index (χ1) is 19.8. The molecule has 40 heavy (non-hydrogen) atoms. The van der Waals surface area contributed by atoms with Crippen LogP contribution in [-0.4, -0.2) is 0 Å². The Hall–Kier alpha value is -5.20. The lowest BCUT2D eigenvalue weighted by Gasteiger charge is -2.18. The Morgan fingerprint density at radius 2 is 0.600 bits per heavy atom. The molecule has 0 aliphatic rings. The fourth-order valence-electron chi connectivity index (χ4n) is 6.30. The number of fused-ring (bicyclic) bond motifs is 4. The third-order valence-electron chi connectivity index (χ3n) is 8.21. The summed E-state index contributed by atoms with van der Waals surface area (Å²) in [6.07, 6.45) is 0. The maximum atomic E-state index is 2.36. The Balaban J connectivity index is 1.32. The second-order valence-corrected chi connectivity index (χ2v) is 10.5. The molecule has 0 aliphatic carbocycles. The van der Waals surface area contributed by atoms with Crippen LogP contribution < -0.4 is 0 Å². The summed E-state index contributed by atoms with van der Waals surface area (Å²) in [5.41, 5.74) is 7.59. The lowest BCUT2D eigenvalue weighted by Crippen LogP contribution is -1.90. The summed E-state index contributed by atoms with van der Waals surface area (Å²) in [6.45, 7) is 0. The highest BCUT2D eigenvalue weighted by Gasteiger charge is 2.16. The van der Waals surface area contributed by atoms with Crippen molar-refractivity contribution in [3.05, 3.63) is 158 Å². The van der Waals surface area contributed by atoms with Gasteiger partial charge in [-0.05, 0) is 94.7 Å². The predicted molar refractivity (Wildman–Crippen MR) is 173 cm³/mol. The van der Waals surface area contributed by atoms with Gasteiger partial charge >= 0.3 is 0 Å². The van der Waals surface area contributed by atoms with Crippen molar-refractivity contribution in [2.45, 2.75) is 0 Å². The first-order valence-corrected chi connectivity index (χ1v) is 13.9. The van der Waals surface area contributed by atoms with Gasteiger partial charge in [0.05, 0.1) is 0 Å². The quantitative estimate of drug-likeness (QED) is 0.209. The zero-order chi connectivity index (χ0) is 26.5. The van der Waals surface area contributed by atoms with Gasteiger partial charge in [0.2, 0.25) is 0 Å². The number of hydrogen-bond acceptors (Lipinski definition) is 0. The summed E-state index contributed by atoms with van der Waals surface area (Å²) in [5, 5.41) is 10.2. The van der Waals surface area contributed by atoms with E-state index in [0.29, 0.717) is 0 Å². The topological polar surface area (TPSA) is 0 Å². The third kappa shape index (κ3) is 3.69. The van der Waals surface area contributed by atoms with Gasteiger partial charge in [-0.3, -0.25) is 0 Å². The molecule has 0 saturated carbocycles. The predicted octanol–water partition coefficient (Wildman–Crippen LogP) is 11.3. The molecule has 0 N–H and O–H groups in total. The molecule has 0 unspecified atom stereocenters. The first-order valence-electron chi connectivity index (χ1n) is 13.9. The molecule has 0 atom stereocenters. The SMILES string of the molecule is c1ccc(-c2c3ccccc3c(-c3ccc4cc(-c5ccc6ccccc6c5)ccc4c3)c3ccccc23)cc1. The minimum atomic E-state index is 1.24. The second-order valence-electron chi connectivity index (χ2n) is 10.5. The van der Waals surface area contributed by atoms with E-state index >= 15 is 0 Å². The lowest BCUT2D eigenvalue weighted by molar-refractivity contribution is 1.65. The average molecular weight is 507 g/mol. The van der Waals surface area contributed by atoms with Crippen LogP contribution in [0.3, 0.4) is 0 Å². The standard InChI is InChI=1S/C40H26/c1-2-11-28(12-3-1)39-35-14-6-8-16-37(35)40(38-17-9-7-15-36(38)39)34-23-22-32-25-31(20-21-33(32)26-34)30-19-18-27-10-4-5-13-29(27)24-30/h1-26H. The van der Waals surface area contributed by atoms with E-state index < -0.39 is 0 Å². The summed E-state index contributed by atoms with van der Waals surface area (Å²) in [5.74, 6) is 0. The van der Waals surface area contributed by atoms with Crippen molar-refractivity contribution in [1.29, 1.82) is 0 Å². The van der Waals surface area contributed by atoms with E-state index in [2.05, 4.69) is 158 Å². The molecule has 0 heterocycles. The van der Waals surface area contributed by atoms with E-state index in [9.17, 15) is 0 Å². The number of benzene rings is 8. The highest BCUT2D eigenvalue weighted by molar-refractivity contribution is 6.21. The van der Waals surface area contributed by atoms with Crippen LogP contribution in [0.4, 0.5) is 0 Å². The molecule has 0 nitrogen and oxygen atoms in total. The summed E-state index contributed by atoms with van der Waals surface area (Å²) in [4.78, 5) is 0. The molecule has 186 valence electrons. The zero-order valence-corrected chi connectivity index (χ0v) is 22.0. The van der Waals surface area contributed by atoms with Gasteiger partial charge in [-0.25, -0.2) is 0 Å². The summed E-state index contributed by atoms with van der Waals surface area (Å²) >= 11 is 0. The first kappa shape index (κ1) is 22.8. The van der Waals surface area contributed by atoms with E-state index in [4.69, 9.17) is 0 Å². The number of hydrogen-bond donors (Lipinski definition) is 0. The van der Waals surface area contributed by atoms with Gasteiger partial charge in [-0.2, -0.15) is 0 Å². The highest BCUT2D eigenvalue weighted by Crippen LogP contribution is 2.44. The normalized spacial score (nSPS) is 11.5. The Kier molecular flexibility index (Phi) is 5.24. The minimum Gasteiger partial charge on any atom is -0.0622 e. The van der Waals surface area contributed by atoms with Gasteiger partial charge in [0.1, 0.15) is 0 Å². The van der Waals surface area contributed by atoms with Crippen LogP contribution in [0.1, 0.15) is 0 Å². The van der Waals surface area contributed by atoms with E-state index in [1.807, 2.05) is 0 Å². The molecule has 0 radical (unpaired) electrons. The lowest BCUT2D eigenvalue weighted by atomic mass is 9.85. The molecular weight excluding hydrogens is 480 g/mol. The average Bonchev–Trinajstić information content (AvgIpc) is 3.03. The van der Waals surface area contributed by atoms with E-state index in [-0.39, 0.29) is 0 Å². The summed E-state index contributed by atoms with van der Waals surface area (Å²) in [7, 11) is 0. The van der Waals surface area contributed by atoms with Crippen LogP contribution >= 0.6 is 0 Å². The van der Waals surface area contributed by atoms with Crippen molar-refractivity contribution < 1.29 is 0 Å².